The molecular weight excluding hydrogens is 349 g/mol. The Morgan fingerprint density at radius 2 is 1.71 bits per heavy atom. The Labute approximate surface area is 150 Å². The van der Waals surface area contributed by atoms with Gasteiger partial charge in [0.05, 0.1) is 10.7 Å². The van der Waals surface area contributed by atoms with Crippen LogP contribution in [0.4, 0.5) is 16.2 Å². The molecule has 24 heavy (non-hydrogen) atoms. The highest BCUT2D eigenvalue weighted by Crippen LogP contribution is 2.25. The van der Waals surface area contributed by atoms with E-state index in [-0.39, 0.29) is 12.5 Å². The van der Waals surface area contributed by atoms with Gasteiger partial charge >= 0.3 is 6.03 Å². The van der Waals surface area contributed by atoms with Gasteiger partial charge in [-0.2, -0.15) is 0 Å². The molecule has 0 saturated heterocycles. The largest absolute Gasteiger partial charge is 0.325 e. The van der Waals surface area contributed by atoms with E-state index in [9.17, 15) is 9.59 Å². The molecule has 0 heterocycles. The van der Waals surface area contributed by atoms with Crippen LogP contribution in [0.5, 0.6) is 0 Å². The number of carbonyl (C=O) groups excluding carboxylic acids is 2. The van der Waals surface area contributed by atoms with Gasteiger partial charge in [0.1, 0.15) is 6.54 Å². The van der Waals surface area contributed by atoms with Gasteiger partial charge in [-0.25, -0.2) is 4.79 Å². The van der Waals surface area contributed by atoms with Crippen LogP contribution in [0, 0.1) is 6.92 Å². The zero-order valence-electron chi connectivity index (χ0n) is 13.3. The first-order valence-corrected chi connectivity index (χ1v) is 7.94. The van der Waals surface area contributed by atoms with E-state index in [4.69, 9.17) is 23.2 Å². The van der Waals surface area contributed by atoms with E-state index in [0.717, 1.165) is 5.56 Å². The number of anilines is 2. The summed E-state index contributed by atoms with van der Waals surface area (Å²) in [6, 6.07) is 11.7. The Morgan fingerprint density at radius 3 is 2.38 bits per heavy atom. The van der Waals surface area contributed by atoms with Crippen molar-refractivity contribution in [3.05, 3.63) is 58.1 Å². The molecule has 0 atom stereocenters. The first-order chi connectivity index (χ1) is 11.3. The summed E-state index contributed by atoms with van der Waals surface area (Å²) in [4.78, 5) is 25.4. The number of urea groups is 1. The number of nitrogens with one attached hydrogen (secondary N) is 2. The molecule has 126 valence electrons. The minimum Gasteiger partial charge on any atom is -0.325 e. The Bertz CT molecular complexity index is 748. The SMILES string of the molecule is Cc1ccc(NC(=O)CN(C)C(=O)Nc2cc(Cl)ccc2Cl)cc1. The number of amides is 3. The summed E-state index contributed by atoms with van der Waals surface area (Å²) in [6.45, 7) is 1.86. The summed E-state index contributed by atoms with van der Waals surface area (Å²) in [5, 5.41) is 6.17. The van der Waals surface area contributed by atoms with Crippen molar-refractivity contribution < 1.29 is 9.59 Å². The van der Waals surface area contributed by atoms with Crippen molar-refractivity contribution >= 4 is 46.5 Å². The Balaban J connectivity index is 1.92. The molecule has 0 radical (unpaired) electrons. The molecule has 0 saturated carbocycles. The quantitative estimate of drug-likeness (QED) is 0.842. The molecule has 2 aromatic carbocycles. The smallest absolute Gasteiger partial charge is 0.322 e. The molecule has 0 fully saturated rings. The average Bonchev–Trinajstić information content (AvgIpc) is 2.53. The molecular formula is C17H17Cl2N3O2. The summed E-state index contributed by atoms with van der Waals surface area (Å²) in [5.41, 5.74) is 2.17. The Kier molecular flexibility index (Phi) is 6.06. The van der Waals surface area contributed by atoms with Gasteiger partial charge in [-0.1, -0.05) is 40.9 Å². The highest BCUT2D eigenvalue weighted by Gasteiger charge is 2.14. The van der Waals surface area contributed by atoms with E-state index in [1.54, 1.807) is 30.3 Å². The zero-order chi connectivity index (χ0) is 17.7. The lowest BCUT2D eigenvalue weighted by atomic mass is 10.2. The number of hydrogen-bond acceptors (Lipinski definition) is 2. The lowest BCUT2D eigenvalue weighted by Crippen LogP contribution is -2.37. The van der Waals surface area contributed by atoms with Gasteiger partial charge in [0, 0.05) is 17.8 Å². The van der Waals surface area contributed by atoms with E-state index in [2.05, 4.69) is 10.6 Å². The standard InChI is InChI=1S/C17H17Cl2N3O2/c1-11-3-6-13(7-4-11)20-16(23)10-22(2)17(24)21-15-9-12(18)5-8-14(15)19/h3-9H,10H2,1-2H3,(H,20,23)(H,21,24). The maximum Gasteiger partial charge on any atom is 0.322 e. The normalized spacial score (nSPS) is 10.2. The molecule has 0 bridgehead atoms. The van der Waals surface area contributed by atoms with Crippen LogP contribution in [0.2, 0.25) is 10.0 Å². The lowest BCUT2D eigenvalue weighted by Gasteiger charge is -2.18. The third-order valence-electron chi connectivity index (χ3n) is 3.23. The van der Waals surface area contributed by atoms with Gasteiger partial charge < -0.3 is 15.5 Å². The van der Waals surface area contributed by atoms with Gasteiger partial charge in [0.2, 0.25) is 5.91 Å². The van der Waals surface area contributed by atoms with Crippen molar-refractivity contribution in [1.29, 1.82) is 0 Å². The molecule has 0 unspecified atom stereocenters. The fourth-order valence-corrected chi connectivity index (χ4v) is 2.27. The molecule has 5 nitrogen and oxygen atoms in total. The van der Waals surface area contributed by atoms with E-state index in [1.165, 1.54) is 11.9 Å². The van der Waals surface area contributed by atoms with E-state index >= 15 is 0 Å². The molecule has 0 aliphatic rings. The molecule has 0 aliphatic heterocycles. The molecule has 3 amide bonds. The van der Waals surface area contributed by atoms with Crippen LogP contribution < -0.4 is 10.6 Å². The summed E-state index contributed by atoms with van der Waals surface area (Å²) in [6.07, 6.45) is 0. The van der Waals surface area contributed by atoms with Crippen molar-refractivity contribution in [1.82, 2.24) is 4.90 Å². The molecule has 0 aliphatic carbocycles. The first kappa shape index (κ1) is 18.1. The predicted molar refractivity (Wildman–Crippen MR) is 97.9 cm³/mol. The summed E-state index contributed by atoms with van der Waals surface area (Å²) in [7, 11) is 1.52. The highest BCUT2D eigenvalue weighted by molar-refractivity contribution is 6.35. The van der Waals surface area contributed by atoms with Crippen molar-refractivity contribution in [2.45, 2.75) is 6.92 Å². The first-order valence-electron chi connectivity index (χ1n) is 7.19. The summed E-state index contributed by atoms with van der Waals surface area (Å²) >= 11 is 11.9. The average molecular weight is 366 g/mol. The maximum atomic E-state index is 12.1. The van der Waals surface area contributed by atoms with Crippen LogP contribution in [0.15, 0.2) is 42.5 Å². The second kappa shape index (κ2) is 8.04. The second-order valence-corrected chi connectivity index (χ2v) is 6.17. The summed E-state index contributed by atoms with van der Waals surface area (Å²) in [5.74, 6) is -0.298. The van der Waals surface area contributed by atoms with Crippen LogP contribution in [0.1, 0.15) is 5.56 Å². The molecule has 2 aromatic rings. The number of rotatable bonds is 4. The molecule has 2 N–H and O–H groups in total. The Morgan fingerprint density at radius 1 is 1.04 bits per heavy atom. The van der Waals surface area contributed by atoms with Gasteiger partial charge in [-0.05, 0) is 37.3 Å². The number of carbonyl (C=O) groups is 2. The minimum absolute atomic E-state index is 0.0993. The van der Waals surface area contributed by atoms with Crippen molar-refractivity contribution in [2.24, 2.45) is 0 Å². The van der Waals surface area contributed by atoms with Crippen molar-refractivity contribution in [3.8, 4) is 0 Å². The zero-order valence-corrected chi connectivity index (χ0v) is 14.8. The lowest BCUT2D eigenvalue weighted by molar-refractivity contribution is -0.116. The minimum atomic E-state index is -0.460. The number of likely N-dealkylation sites (N-methyl/N-ethyl adjacent to an activating group) is 1. The van der Waals surface area contributed by atoms with E-state index in [1.807, 2.05) is 19.1 Å². The fraction of sp³-hybridized carbons (Fsp3) is 0.176. The monoisotopic (exact) mass is 365 g/mol. The fourth-order valence-electron chi connectivity index (χ4n) is 1.93. The topological polar surface area (TPSA) is 61.4 Å². The van der Waals surface area contributed by atoms with Gasteiger partial charge in [-0.3, -0.25) is 4.79 Å². The molecule has 2 rings (SSSR count). The van der Waals surface area contributed by atoms with Crippen LogP contribution in [-0.2, 0) is 4.79 Å². The summed E-state index contributed by atoms with van der Waals surface area (Å²) < 4.78 is 0. The predicted octanol–water partition coefficient (Wildman–Crippen LogP) is 4.40. The van der Waals surface area contributed by atoms with Crippen LogP contribution in [0.25, 0.3) is 0 Å². The number of benzene rings is 2. The third-order valence-corrected chi connectivity index (χ3v) is 3.80. The van der Waals surface area contributed by atoms with Crippen molar-refractivity contribution in [2.75, 3.05) is 24.2 Å². The highest BCUT2D eigenvalue weighted by atomic mass is 35.5. The molecule has 0 aromatic heterocycles. The maximum absolute atomic E-state index is 12.1. The van der Waals surface area contributed by atoms with E-state index < -0.39 is 6.03 Å². The van der Waals surface area contributed by atoms with Crippen LogP contribution in [0.3, 0.4) is 0 Å². The second-order valence-electron chi connectivity index (χ2n) is 5.32. The number of halogens is 2. The third kappa shape index (κ3) is 5.15. The van der Waals surface area contributed by atoms with Crippen LogP contribution in [-0.4, -0.2) is 30.4 Å². The number of aryl methyl sites for hydroxylation is 1. The van der Waals surface area contributed by atoms with E-state index in [0.29, 0.717) is 21.4 Å². The molecule has 7 heteroatoms. The number of hydrogen-bond donors (Lipinski definition) is 2. The van der Waals surface area contributed by atoms with Crippen LogP contribution >= 0.6 is 23.2 Å². The van der Waals surface area contributed by atoms with Gasteiger partial charge in [-0.15, -0.1) is 0 Å². The van der Waals surface area contributed by atoms with Gasteiger partial charge in [0.15, 0.2) is 0 Å². The number of nitrogens with zero attached hydrogens (tertiary/aromatic N) is 1. The molecule has 0 spiro atoms. The Hall–Kier alpha value is -2.24. The van der Waals surface area contributed by atoms with Crippen molar-refractivity contribution in [3.63, 3.8) is 0 Å². The van der Waals surface area contributed by atoms with Gasteiger partial charge in [0.25, 0.3) is 0 Å².